The van der Waals surface area contributed by atoms with Crippen molar-refractivity contribution in [3.63, 3.8) is 0 Å². The van der Waals surface area contributed by atoms with Crippen LogP contribution in [0.1, 0.15) is 12.5 Å². The van der Waals surface area contributed by atoms with E-state index < -0.39 is 6.10 Å². The van der Waals surface area contributed by atoms with Gasteiger partial charge < -0.3 is 16.2 Å². The Labute approximate surface area is 88.6 Å². The molecule has 1 aromatic heterocycles. The van der Waals surface area contributed by atoms with Gasteiger partial charge in [-0.1, -0.05) is 0 Å². The zero-order valence-corrected chi connectivity index (χ0v) is 8.51. The van der Waals surface area contributed by atoms with Gasteiger partial charge in [0.1, 0.15) is 6.07 Å². The summed E-state index contributed by atoms with van der Waals surface area (Å²) in [6.45, 7) is 2.03. The third-order valence-electron chi connectivity index (χ3n) is 2.09. The number of anilines is 1. The molecule has 0 bridgehead atoms. The standard InChI is InChI=1S/C10H14N4O/c1-7(15)9(12)5-14-10-6-13-3-2-8(10)4-11/h2-3,6-7,9,14-15H,5,12H2,1H3. The minimum Gasteiger partial charge on any atom is -0.392 e. The van der Waals surface area contributed by atoms with E-state index in [9.17, 15) is 5.11 Å². The Morgan fingerprint density at radius 3 is 3.07 bits per heavy atom. The van der Waals surface area contributed by atoms with Gasteiger partial charge in [0.15, 0.2) is 0 Å². The van der Waals surface area contributed by atoms with Crippen LogP contribution in [0.25, 0.3) is 0 Å². The highest BCUT2D eigenvalue weighted by molar-refractivity contribution is 5.55. The highest BCUT2D eigenvalue weighted by Crippen LogP contribution is 2.11. The van der Waals surface area contributed by atoms with E-state index in [0.717, 1.165) is 0 Å². The molecule has 0 saturated heterocycles. The fourth-order valence-electron chi connectivity index (χ4n) is 1.03. The summed E-state index contributed by atoms with van der Waals surface area (Å²) in [5.74, 6) is 0. The molecule has 5 nitrogen and oxygen atoms in total. The van der Waals surface area contributed by atoms with Crippen LogP contribution in [0, 0.1) is 11.3 Å². The van der Waals surface area contributed by atoms with Crippen LogP contribution in [0.15, 0.2) is 18.5 Å². The summed E-state index contributed by atoms with van der Waals surface area (Å²) in [4.78, 5) is 3.90. The molecule has 0 aliphatic heterocycles. The van der Waals surface area contributed by atoms with Crippen molar-refractivity contribution < 1.29 is 5.11 Å². The number of nitriles is 1. The molecular weight excluding hydrogens is 192 g/mol. The van der Waals surface area contributed by atoms with Crippen LogP contribution < -0.4 is 11.1 Å². The van der Waals surface area contributed by atoms with Crippen LogP contribution in [0.3, 0.4) is 0 Å². The van der Waals surface area contributed by atoms with Crippen LogP contribution >= 0.6 is 0 Å². The van der Waals surface area contributed by atoms with Gasteiger partial charge in [-0.15, -0.1) is 0 Å². The maximum Gasteiger partial charge on any atom is 0.101 e. The van der Waals surface area contributed by atoms with Gasteiger partial charge in [-0.2, -0.15) is 5.26 Å². The number of aromatic nitrogens is 1. The SMILES string of the molecule is CC(O)C(N)CNc1cnccc1C#N. The first-order valence-corrected chi connectivity index (χ1v) is 4.66. The lowest BCUT2D eigenvalue weighted by molar-refractivity contribution is 0.168. The number of aliphatic hydroxyl groups is 1. The van der Waals surface area contributed by atoms with Crippen LogP contribution in [0.5, 0.6) is 0 Å². The van der Waals surface area contributed by atoms with Crippen molar-refractivity contribution in [2.24, 2.45) is 5.73 Å². The van der Waals surface area contributed by atoms with Gasteiger partial charge in [-0.3, -0.25) is 4.98 Å². The molecule has 2 atom stereocenters. The number of pyridine rings is 1. The van der Waals surface area contributed by atoms with Crippen LogP contribution in [-0.2, 0) is 0 Å². The zero-order valence-electron chi connectivity index (χ0n) is 8.51. The van der Waals surface area contributed by atoms with E-state index in [-0.39, 0.29) is 6.04 Å². The van der Waals surface area contributed by atoms with Crippen LogP contribution in [-0.4, -0.2) is 28.8 Å². The summed E-state index contributed by atoms with van der Waals surface area (Å²) in [5, 5.41) is 20.9. The van der Waals surface area contributed by atoms with Crippen molar-refractivity contribution in [1.82, 2.24) is 4.98 Å². The maximum atomic E-state index is 9.18. The Bertz CT molecular complexity index is 359. The summed E-state index contributed by atoms with van der Waals surface area (Å²) in [6, 6.07) is 3.30. The summed E-state index contributed by atoms with van der Waals surface area (Å²) >= 11 is 0. The Hall–Kier alpha value is -1.64. The number of hydrogen-bond donors (Lipinski definition) is 3. The molecule has 2 unspecified atom stereocenters. The number of nitrogens with two attached hydrogens (primary N) is 1. The summed E-state index contributed by atoms with van der Waals surface area (Å²) in [6.07, 6.45) is 2.53. The molecular formula is C10H14N4O. The highest BCUT2D eigenvalue weighted by atomic mass is 16.3. The number of nitrogens with one attached hydrogen (secondary N) is 1. The first kappa shape index (κ1) is 11.4. The summed E-state index contributed by atoms with van der Waals surface area (Å²) in [7, 11) is 0. The molecule has 1 heterocycles. The van der Waals surface area contributed by atoms with E-state index in [2.05, 4.69) is 10.3 Å². The largest absolute Gasteiger partial charge is 0.392 e. The smallest absolute Gasteiger partial charge is 0.101 e. The van der Waals surface area contributed by atoms with Gasteiger partial charge in [0.2, 0.25) is 0 Å². The van der Waals surface area contributed by atoms with Gasteiger partial charge in [0, 0.05) is 18.8 Å². The number of aliphatic hydroxyl groups excluding tert-OH is 1. The Balaban J connectivity index is 2.62. The molecule has 1 rings (SSSR count). The lowest BCUT2D eigenvalue weighted by Crippen LogP contribution is -2.38. The summed E-state index contributed by atoms with van der Waals surface area (Å²) in [5.41, 5.74) is 6.79. The van der Waals surface area contributed by atoms with E-state index in [4.69, 9.17) is 11.0 Å². The third kappa shape index (κ3) is 3.20. The molecule has 0 spiro atoms. The second-order valence-corrected chi connectivity index (χ2v) is 3.32. The van der Waals surface area contributed by atoms with Crippen molar-refractivity contribution in [2.75, 3.05) is 11.9 Å². The van der Waals surface area contributed by atoms with Gasteiger partial charge in [-0.25, -0.2) is 0 Å². The van der Waals surface area contributed by atoms with Crippen LogP contribution in [0.4, 0.5) is 5.69 Å². The molecule has 4 N–H and O–H groups in total. The van der Waals surface area contributed by atoms with Crippen LogP contribution in [0.2, 0.25) is 0 Å². The van der Waals surface area contributed by atoms with Gasteiger partial charge in [-0.05, 0) is 13.0 Å². The Morgan fingerprint density at radius 2 is 2.47 bits per heavy atom. The van der Waals surface area contributed by atoms with Crippen molar-refractivity contribution in [3.05, 3.63) is 24.0 Å². The minimum absolute atomic E-state index is 0.364. The molecule has 5 heteroatoms. The van der Waals surface area contributed by atoms with Crippen molar-refractivity contribution >= 4 is 5.69 Å². The van der Waals surface area contributed by atoms with Gasteiger partial charge in [0.05, 0.1) is 23.6 Å². The van der Waals surface area contributed by atoms with E-state index in [1.54, 1.807) is 25.4 Å². The molecule has 0 radical (unpaired) electrons. The number of nitrogens with zero attached hydrogens (tertiary/aromatic N) is 2. The van der Waals surface area contributed by atoms with Crippen molar-refractivity contribution in [1.29, 1.82) is 5.26 Å². The molecule has 0 aliphatic rings. The monoisotopic (exact) mass is 206 g/mol. The quantitative estimate of drug-likeness (QED) is 0.648. The maximum absolute atomic E-state index is 9.18. The average Bonchev–Trinajstić information content (AvgIpc) is 2.26. The molecule has 15 heavy (non-hydrogen) atoms. The van der Waals surface area contributed by atoms with Gasteiger partial charge in [0.25, 0.3) is 0 Å². The molecule has 0 fully saturated rings. The summed E-state index contributed by atoms with van der Waals surface area (Å²) < 4.78 is 0. The normalized spacial score (nSPS) is 14.0. The molecule has 0 amide bonds. The van der Waals surface area contributed by atoms with E-state index >= 15 is 0 Å². The second-order valence-electron chi connectivity index (χ2n) is 3.32. The van der Waals surface area contributed by atoms with E-state index in [0.29, 0.717) is 17.8 Å². The van der Waals surface area contributed by atoms with Crippen molar-refractivity contribution in [2.45, 2.75) is 19.1 Å². The lowest BCUT2D eigenvalue weighted by Gasteiger charge is -2.16. The molecule has 1 aromatic rings. The fraction of sp³-hybridized carbons (Fsp3) is 0.400. The first-order valence-electron chi connectivity index (χ1n) is 4.66. The van der Waals surface area contributed by atoms with Crippen molar-refractivity contribution in [3.8, 4) is 6.07 Å². The molecule has 0 saturated carbocycles. The fourth-order valence-corrected chi connectivity index (χ4v) is 1.03. The van der Waals surface area contributed by atoms with Gasteiger partial charge >= 0.3 is 0 Å². The Morgan fingerprint density at radius 1 is 1.73 bits per heavy atom. The minimum atomic E-state index is -0.584. The molecule has 0 aromatic carbocycles. The third-order valence-corrected chi connectivity index (χ3v) is 2.09. The van der Waals surface area contributed by atoms with E-state index in [1.165, 1.54) is 0 Å². The van der Waals surface area contributed by atoms with E-state index in [1.807, 2.05) is 6.07 Å². The topological polar surface area (TPSA) is 95.0 Å². The second kappa shape index (κ2) is 5.29. The number of rotatable bonds is 4. The highest BCUT2D eigenvalue weighted by Gasteiger charge is 2.09. The zero-order chi connectivity index (χ0) is 11.3. The Kier molecular flexibility index (Phi) is 4.03. The molecule has 80 valence electrons. The average molecular weight is 206 g/mol. The number of hydrogen-bond acceptors (Lipinski definition) is 5. The lowest BCUT2D eigenvalue weighted by atomic mass is 10.2. The first-order chi connectivity index (χ1) is 7.15. The molecule has 0 aliphatic carbocycles. The predicted octanol–water partition coefficient (Wildman–Crippen LogP) is 0.0733. The predicted molar refractivity (Wildman–Crippen MR) is 57.1 cm³/mol.